The van der Waals surface area contributed by atoms with Gasteiger partial charge in [0.2, 0.25) is 0 Å². The van der Waals surface area contributed by atoms with Crippen LogP contribution < -0.4 is 21.2 Å². The van der Waals surface area contributed by atoms with Gasteiger partial charge in [-0.1, -0.05) is 173 Å². The molecule has 0 saturated heterocycles. The van der Waals surface area contributed by atoms with E-state index in [-0.39, 0.29) is 21.7 Å². The van der Waals surface area contributed by atoms with Crippen LogP contribution in [0, 0.1) is 13.8 Å². The second-order valence-electron chi connectivity index (χ2n) is 16.8. The molecule has 0 aliphatic rings. The van der Waals surface area contributed by atoms with E-state index in [9.17, 15) is 0 Å². The van der Waals surface area contributed by atoms with Crippen LogP contribution in [0.15, 0.2) is 72.8 Å². The maximum atomic E-state index is 2.52. The molecule has 0 bridgehead atoms. The van der Waals surface area contributed by atoms with Crippen LogP contribution in [0.25, 0.3) is 11.1 Å². The van der Waals surface area contributed by atoms with Gasteiger partial charge in [0.25, 0.3) is 0 Å². The van der Waals surface area contributed by atoms with Gasteiger partial charge in [-0.2, -0.15) is 0 Å². The predicted molar refractivity (Wildman–Crippen MR) is 223 cm³/mol. The van der Waals surface area contributed by atoms with Crippen molar-refractivity contribution in [3.63, 3.8) is 0 Å². The van der Waals surface area contributed by atoms with Gasteiger partial charge in [-0.05, 0) is 127 Å². The zero-order valence-electron chi connectivity index (χ0n) is 32.8. The lowest BCUT2D eigenvalue weighted by Crippen LogP contribution is -2.24. The van der Waals surface area contributed by atoms with E-state index in [1.54, 1.807) is 0 Å². The van der Waals surface area contributed by atoms with Gasteiger partial charge in [0.05, 0.1) is 0 Å². The van der Waals surface area contributed by atoms with Gasteiger partial charge in [0.1, 0.15) is 0 Å². The summed E-state index contributed by atoms with van der Waals surface area (Å²) < 4.78 is 0. The highest BCUT2D eigenvalue weighted by Crippen LogP contribution is 2.37. The topological polar surface area (TPSA) is 0 Å². The van der Waals surface area contributed by atoms with Crippen molar-refractivity contribution in [1.29, 1.82) is 0 Å². The molecule has 0 aliphatic heterocycles. The molecule has 0 radical (unpaired) electrons. The third kappa shape index (κ3) is 8.36. The van der Waals surface area contributed by atoms with Gasteiger partial charge in [0.15, 0.2) is 0 Å². The molecule has 0 spiro atoms. The number of hydrogen-bond acceptors (Lipinski definition) is 0. The molecular weight excluding hydrogens is 614 g/mol. The van der Waals surface area contributed by atoms with Crippen molar-refractivity contribution < 1.29 is 0 Å². The Morgan fingerprint density at radius 2 is 0.688 bits per heavy atom. The molecule has 0 heterocycles. The lowest BCUT2D eigenvalue weighted by atomic mass is 9.77. The van der Waals surface area contributed by atoms with Gasteiger partial charge >= 0.3 is 0 Å². The molecule has 0 aliphatic carbocycles. The van der Waals surface area contributed by atoms with Crippen LogP contribution in [-0.2, 0) is 21.7 Å². The third-order valence-corrected chi connectivity index (χ3v) is 14.4. The molecule has 4 aromatic carbocycles. The molecule has 48 heavy (non-hydrogen) atoms. The van der Waals surface area contributed by atoms with Crippen molar-refractivity contribution in [2.75, 3.05) is 0 Å². The summed E-state index contributed by atoms with van der Waals surface area (Å²) in [5.41, 5.74) is 12.1. The van der Waals surface area contributed by atoms with Crippen LogP contribution in [-0.4, -0.2) is 0 Å². The maximum absolute atomic E-state index is 2.52. The summed E-state index contributed by atoms with van der Waals surface area (Å²) in [7, 11) is 1.19. The Bertz CT molecular complexity index is 1540. The molecule has 2 unspecified atom stereocenters. The number of benzene rings is 4. The highest BCUT2D eigenvalue weighted by atomic mass is 31.1. The van der Waals surface area contributed by atoms with Crippen molar-refractivity contribution in [3.05, 3.63) is 106 Å². The summed E-state index contributed by atoms with van der Waals surface area (Å²) in [5.74, 6) is 0. The van der Waals surface area contributed by atoms with Crippen molar-refractivity contribution in [1.82, 2.24) is 0 Å². The molecule has 2 heteroatoms. The minimum Gasteiger partial charge on any atom is -0.0646 e. The zero-order chi connectivity index (χ0) is 35.7. The smallest absolute Gasteiger partial charge is 0.00679 e. The van der Waals surface area contributed by atoms with Gasteiger partial charge in [0, 0.05) is 0 Å². The summed E-state index contributed by atoms with van der Waals surface area (Å²) in [6, 6.07) is 29.0. The maximum Gasteiger partial charge on any atom is -0.00679 e. The molecular formula is C46H64P2. The Morgan fingerprint density at radius 1 is 0.417 bits per heavy atom. The fourth-order valence-electron chi connectivity index (χ4n) is 6.30. The molecule has 0 nitrogen and oxygen atoms in total. The Morgan fingerprint density at radius 3 is 0.938 bits per heavy atom. The van der Waals surface area contributed by atoms with Gasteiger partial charge in [-0.3, -0.25) is 0 Å². The Kier molecular flexibility index (Phi) is 12.0. The summed E-state index contributed by atoms with van der Waals surface area (Å²) in [5, 5.41) is 5.82. The summed E-state index contributed by atoms with van der Waals surface area (Å²) in [4.78, 5) is 0. The van der Waals surface area contributed by atoms with E-state index >= 15 is 0 Å². The Balaban J connectivity index is 1.89. The van der Waals surface area contributed by atoms with E-state index in [0.717, 1.165) is 25.7 Å². The average molecular weight is 679 g/mol. The Labute approximate surface area is 298 Å². The Hall–Kier alpha value is -2.26. The summed E-state index contributed by atoms with van der Waals surface area (Å²) in [6.07, 6.45) is 4.51. The van der Waals surface area contributed by atoms with Gasteiger partial charge < -0.3 is 0 Å². The molecule has 2 atom stereocenters. The summed E-state index contributed by atoms with van der Waals surface area (Å²) >= 11 is 0. The largest absolute Gasteiger partial charge is 0.0646 e. The van der Waals surface area contributed by atoms with Crippen LogP contribution in [0.4, 0.5) is 0 Å². The predicted octanol–water partition coefficient (Wildman–Crippen LogP) is 12.0. The van der Waals surface area contributed by atoms with Crippen LogP contribution in [0.1, 0.15) is 142 Å². The number of aryl methyl sites for hydroxylation is 2. The minimum atomic E-state index is 0.144. The molecule has 0 saturated carbocycles. The lowest BCUT2D eigenvalue weighted by Gasteiger charge is -2.30. The first-order valence-corrected chi connectivity index (χ1v) is 20.4. The monoisotopic (exact) mass is 678 g/mol. The minimum absolute atomic E-state index is 0.144. The quantitative estimate of drug-likeness (QED) is 0.123. The third-order valence-electron chi connectivity index (χ3n) is 11.9. The molecule has 0 fully saturated rings. The number of rotatable bonds is 13. The van der Waals surface area contributed by atoms with Crippen LogP contribution in [0.5, 0.6) is 0 Å². The van der Waals surface area contributed by atoms with Crippen molar-refractivity contribution in [2.45, 2.75) is 144 Å². The van der Waals surface area contributed by atoms with Crippen LogP contribution in [0.3, 0.4) is 0 Å². The normalized spacial score (nSPS) is 13.4. The molecule has 0 N–H and O–H groups in total. The molecule has 0 aromatic heterocycles. The number of hydrogen-bond donors (Lipinski definition) is 0. The van der Waals surface area contributed by atoms with Crippen molar-refractivity contribution >= 4 is 38.4 Å². The highest BCUT2D eigenvalue weighted by molar-refractivity contribution is 7.56. The van der Waals surface area contributed by atoms with Crippen molar-refractivity contribution in [2.24, 2.45) is 0 Å². The summed E-state index contributed by atoms with van der Waals surface area (Å²) in [6.45, 7) is 33.2. The van der Waals surface area contributed by atoms with E-state index < -0.39 is 0 Å². The molecule has 4 rings (SSSR count). The SMILES string of the molecule is CCC(C)(C)c1cc(Pc2cccc(C)c2-c2c(C)cccc2Pc2cc(C(C)(C)CC)cc(C(C)(C)CC)c2)cc(C(C)(C)CC)c1. The fourth-order valence-corrected chi connectivity index (χ4v) is 9.08. The first-order valence-electron chi connectivity index (χ1n) is 18.4. The van der Waals surface area contributed by atoms with E-state index in [2.05, 4.69) is 170 Å². The second-order valence-corrected chi connectivity index (χ2v) is 19.5. The standard InChI is InChI=1S/C46H64P2/c1-15-43(7,8)33-25-34(44(9,10)16-2)28-37(27-33)47-39-23-19-21-31(5)41(39)42-32(6)22-20-24-40(42)48-38-29-35(45(11,12)17-3)26-36(30-38)46(13,14)18-4/h19-30,47-48H,15-18H2,1-14H3. The first kappa shape index (κ1) is 38.5. The van der Waals surface area contributed by atoms with E-state index in [0.29, 0.717) is 17.2 Å². The average Bonchev–Trinajstić information content (AvgIpc) is 3.05. The lowest BCUT2D eigenvalue weighted by molar-refractivity contribution is 0.489. The van der Waals surface area contributed by atoms with E-state index in [1.807, 2.05) is 0 Å². The fraction of sp³-hybridized carbons (Fsp3) is 0.478. The van der Waals surface area contributed by atoms with E-state index in [1.165, 1.54) is 65.7 Å². The first-order chi connectivity index (χ1) is 22.4. The van der Waals surface area contributed by atoms with Gasteiger partial charge in [-0.15, -0.1) is 0 Å². The van der Waals surface area contributed by atoms with E-state index in [4.69, 9.17) is 0 Å². The highest BCUT2D eigenvalue weighted by Gasteiger charge is 2.27. The zero-order valence-corrected chi connectivity index (χ0v) is 34.8. The molecule has 258 valence electrons. The van der Waals surface area contributed by atoms with Crippen LogP contribution >= 0.6 is 17.2 Å². The van der Waals surface area contributed by atoms with Gasteiger partial charge in [-0.25, -0.2) is 0 Å². The molecule has 4 aromatic rings. The second kappa shape index (κ2) is 14.9. The molecule has 0 amide bonds. The van der Waals surface area contributed by atoms with Crippen molar-refractivity contribution in [3.8, 4) is 11.1 Å². The van der Waals surface area contributed by atoms with Crippen LogP contribution in [0.2, 0.25) is 0 Å².